The second-order valence-corrected chi connectivity index (χ2v) is 8.56. The predicted octanol–water partition coefficient (Wildman–Crippen LogP) is 4.52. The van der Waals surface area contributed by atoms with Crippen molar-refractivity contribution in [2.45, 2.75) is 18.4 Å². The van der Waals surface area contributed by atoms with Gasteiger partial charge in [-0.2, -0.15) is 0 Å². The quantitative estimate of drug-likeness (QED) is 0.588. The van der Waals surface area contributed by atoms with E-state index in [1.165, 1.54) is 24.3 Å². The molecule has 0 radical (unpaired) electrons. The first-order valence-corrected chi connectivity index (χ1v) is 11.4. The standard InChI is InChI=1S/C27H25FN2O4/c28-22-7-11-24(12-8-22)34-27(13-14-27)26(32)29-23-9-5-20(6-10-23)19-1-3-21(4-2-19)25(31)30-15-17-33-18-16-30/h1-12H,13-18H2,(H,29,32). The molecule has 1 heterocycles. The maximum atomic E-state index is 13.1. The van der Waals surface area contributed by atoms with Crippen LogP contribution in [0.5, 0.6) is 5.75 Å². The van der Waals surface area contributed by atoms with Crippen LogP contribution in [0.3, 0.4) is 0 Å². The number of amides is 2. The monoisotopic (exact) mass is 460 g/mol. The van der Waals surface area contributed by atoms with E-state index in [2.05, 4.69) is 5.32 Å². The average Bonchev–Trinajstić information content (AvgIpc) is 3.67. The summed E-state index contributed by atoms with van der Waals surface area (Å²) in [6.07, 6.45) is 1.23. The van der Waals surface area contributed by atoms with Gasteiger partial charge in [-0.1, -0.05) is 24.3 Å². The maximum absolute atomic E-state index is 13.1. The Morgan fingerprint density at radius 1 is 0.853 bits per heavy atom. The van der Waals surface area contributed by atoms with Crippen molar-refractivity contribution in [3.63, 3.8) is 0 Å². The molecular formula is C27H25FN2O4. The lowest BCUT2D eigenvalue weighted by molar-refractivity contribution is -0.124. The van der Waals surface area contributed by atoms with E-state index in [0.717, 1.165) is 11.1 Å². The number of hydrogen-bond acceptors (Lipinski definition) is 4. The number of ether oxygens (including phenoxy) is 2. The highest BCUT2D eigenvalue weighted by molar-refractivity contribution is 6.00. The molecule has 6 nitrogen and oxygen atoms in total. The fourth-order valence-corrected chi connectivity index (χ4v) is 3.96. The molecule has 34 heavy (non-hydrogen) atoms. The van der Waals surface area contributed by atoms with Crippen molar-refractivity contribution in [2.75, 3.05) is 31.6 Å². The summed E-state index contributed by atoms with van der Waals surface area (Å²) in [6.45, 7) is 2.38. The van der Waals surface area contributed by atoms with Crippen LogP contribution in [0.25, 0.3) is 11.1 Å². The van der Waals surface area contributed by atoms with Crippen LogP contribution < -0.4 is 10.1 Å². The third kappa shape index (κ3) is 4.79. The second kappa shape index (κ2) is 9.27. The summed E-state index contributed by atoms with van der Waals surface area (Å²) in [7, 11) is 0. The Morgan fingerprint density at radius 2 is 1.44 bits per heavy atom. The molecule has 5 rings (SSSR count). The van der Waals surface area contributed by atoms with E-state index in [4.69, 9.17) is 9.47 Å². The molecule has 0 atom stereocenters. The molecule has 3 aromatic rings. The fraction of sp³-hybridized carbons (Fsp3) is 0.259. The lowest BCUT2D eigenvalue weighted by atomic mass is 10.0. The highest BCUT2D eigenvalue weighted by Crippen LogP contribution is 2.41. The molecule has 1 N–H and O–H groups in total. The number of hydrogen-bond donors (Lipinski definition) is 1. The fourth-order valence-electron chi connectivity index (χ4n) is 3.96. The van der Waals surface area contributed by atoms with Gasteiger partial charge >= 0.3 is 0 Å². The summed E-state index contributed by atoms with van der Waals surface area (Å²) in [6, 6.07) is 20.7. The third-order valence-electron chi connectivity index (χ3n) is 6.15. The molecule has 7 heteroatoms. The Hall–Kier alpha value is -3.71. The van der Waals surface area contributed by atoms with Gasteiger partial charge in [0, 0.05) is 37.2 Å². The number of carbonyl (C=O) groups is 2. The number of benzene rings is 3. The zero-order valence-electron chi connectivity index (χ0n) is 18.6. The van der Waals surface area contributed by atoms with Crippen molar-refractivity contribution in [2.24, 2.45) is 0 Å². The Balaban J connectivity index is 1.21. The molecule has 1 saturated heterocycles. The van der Waals surface area contributed by atoms with Gasteiger partial charge in [0.2, 0.25) is 0 Å². The van der Waals surface area contributed by atoms with E-state index in [9.17, 15) is 14.0 Å². The molecule has 0 aromatic heterocycles. The Labute approximate surface area is 197 Å². The van der Waals surface area contributed by atoms with Crippen LogP contribution in [-0.2, 0) is 9.53 Å². The van der Waals surface area contributed by atoms with Crippen molar-refractivity contribution in [1.29, 1.82) is 0 Å². The largest absolute Gasteiger partial charge is 0.477 e. The molecule has 1 aliphatic heterocycles. The van der Waals surface area contributed by atoms with Gasteiger partial charge in [-0.15, -0.1) is 0 Å². The van der Waals surface area contributed by atoms with Gasteiger partial charge in [-0.05, 0) is 59.7 Å². The zero-order valence-corrected chi connectivity index (χ0v) is 18.6. The van der Waals surface area contributed by atoms with Gasteiger partial charge in [-0.3, -0.25) is 9.59 Å². The van der Waals surface area contributed by atoms with Crippen LogP contribution in [-0.4, -0.2) is 48.6 Å². The van der Waals surface area contributed by atoms with Gasteiger partial charge in [0.15, 0.2) is 5.60 Å². The molecule has 0 spiro atoms. The maximum Gasteiger partial charge on any atom is 0.268 e. The molecule has 1 aliphatic carbocycles. The Morgan fingerprint density at radius 3 is 2.03 bits per heavy atom. The number of carbonyl (C=O) groups excluding carboxylic acids is 2. The van der Waals surface area contributed by atoms with Crippen LogP contribution >= 0.6 is 0 Å². The van der Waals surface area contributed by atoms with Crippen LogP contribution in [0, 0.1) is 5.82 Å². The molecule has 1 saturated carbocycles. The number of halogens is 1. The summed E-state index contributed by atoms with van der Waals surface area (Å²) in [5.74, 6) is -0.0691. The van der Waals surface area contributed by atoms with Crippen LogP contribution in [0.1, 0.15) is 23.2 Å². The molecule has 2 amide bonds. The molecule has 2 fully saturated rings. The summed E-state index contributed by atoms with van der Waals surface area (Å²) in [4.78, 5) is 27.2. The smallest absolute Gasteiger partial charge is 0.268 e. The van der Waals surface area contributed by atoms with Gasteiger partial charge in [0.1, 0.15) is 11.6 Å². The zero-order chi connectivity index (χ0) is 23.5. The Kier molecular flexibility index (Phi) is 6.02. The summed E-state index contributed by atoms with van der Waals surface area (Å²) in [5, 5.41) is 2.92. The van der Waals surface area contributed by atoms with E-state index in [0.29, 0.717) is 56.1 Å². The number of nitrogens with zero attached hydrogens (tertiary/aromatic N) is 1. The van der Waals surface area contributed by atoms with E-state index >= 15 is 0 Å². The van der Waals surface area contributed by atoms with Crippen molar-refractivity contribution >= 4 is 17.5 Å². The lowest BCUT2D eigenvalue weighted by Crippen LogP contribution is -2.40. The predicted molar refractivity (Wildman–Crippen MR) is 126 cm³/mol. The average molecular weight is 461 g/mol. The number of morpholine rings is 1. The molecule has 2 aliphatic rings. The van der Waals surface area contributed by atoms with E-state index < -0.39 is 5.60 Å². The summed E-state index contributed by atoms with van der Waals surface area (Å²) in [5.41, 5.74) is 2.38. The first-order chi connectivity index (χ1) is 16.5. The third-order valence-corrected chi connectivity index (χ3v) is 6.15. The molecule has 0 bridgehead atoms. The SMILES string of the molecule is O=C(c1ccc(-c2ccc(NC(=O)C3(Oc4ccc(F)cc4)CC3)cc2)cc1)N1CCOCC1. The first-order valence-electron chi connectivity index (χ1n) is 11.4. The number of nitrogens with one attached hydrogen (secondary N) is 1. The van der Waals surface area contributed by atoms with Gasteiger partial charge in [0.25, 0.3) is 11.8 Å². The minimum Gasteiger partial charge on any atom is -0.477 e. The highest BCUT2D eigenvalue weighted by atomic mass is 19.1. The molecule has 3 aromatic carbocycles. The van der Waals surface area contributed by atoms with Crippen molar-refractivity contribution in [1.82, 2.24) is 4.90 Å². The van der Waals surface area contributed by atoms with Crippen LogP contribution in [0.15, 0.2) is 72.8 Å². The minimum atomic E-state index is -0.903. The van der Waals surface area contributed by atoms with E-state index in [-0.39, 0.29) is 17.6 Å². The topological polar surface area (TPSA) is 67.9 Å². The minimum absolute atomic E-state index is 0.0183. The first kappa shape index (κ1) is 22.1. The van der Waals surface area contributed by atoms with Crippen molar-refractivity contribution in [3.05, 3.63) is 84.2 Å². The van der Waals surface area contributed by atoms with Crippen molar-refractivity contribution < 1.29 is 23.5 Å². The van der Waals surface area contributed by atoms with E-state index in [1.54, 1.807) is 0 Å². The molecule has 0 unspecified atom stereocenters. The van der Waals surface area contributed by atoms with Gasteiger partial charge < -0.3 is 19.7 Å². The number of anilines is 1. The summed E-state index contributed by atoms with van der Waals surface area (Å²) >= 11 is 0. The highest BCUT2D eigenvalue weighted by Gasteiger charge is 2.53. The molecular weight excluding hydrogens is 435 g/mol. The van der Waals surface area contributed by atoms with E-state index in [1.807, 2.05) is 53.4 Å². The number of rotatable bonds is 6. The lowest BCUT2D eigenvalue weighted by Gasteiger charge is -2.26. The summed E-state index contributed by atoms with van der Waals surface area (Å²) < 4.78 is 24.3. The Bertz CT molecular complexity index is 1170. The van der Waals surface area contributed by atoms with Gasteiger partial charge in [0.05, 0.1) is 13.2 Å². The normalized spacial score (nSPS) is 16.6. The van der Waals surface area contributed by atoms with Crippen molar-refractivity contribution in [3.8, 4) is 16.9 Å². The van der Waals surface area contributed by atoms with Crippen LogP contribution in [0.2, 0.25) is 0 Å². The molecule has 174 valence electrons. The van der Waals surface area contributed by atoms with Crippen LogP contribution in [0.4, 0.5) is 10.1 Å². The second-order valence-electron chi connectivity index (χ2n) is 8.56. The van der Waals surface area contributed by atoms with Gasteiger partial charge in [-0.25, -0.2) is 4.39 Å².